The number of hydrogen-bond donors (Lipinski definition) is 2. The zero-order chi connectivity index (χ0) is 15.4. The van der Waals surface area contributed by atoms with Crippen LogP contribution < -0.4 is 10.1 Å². The van der Waals surface area contributed by atoms with Crippen LogP contribution >= 0.6 is 0 Å². The van der Waals surface area contributed by atoms with E-state index in [0.717, 1.165) is 37.9 Å². The summed E-state index contributed by atoms with van der Waals surface area (Å²) >= 11 is 0. The number of nitrogens with one attached hydrogen (secondary N) is 1. The third-order valence-corrected chi connectivity index (χ3v) is 4.83. The predicted octanol–water partition coefficient (Wildman–Crippen LogP) is 3.04. The summed E-state index contributed by atoms with van der Waals surface area (Å²) in [6, 6.07) is 7.31. The highest BCUT2D eigenvalue weighted by atomic mass is 16.5. The first-order valence-electron chi connectivity index (χ1n) is 8.42. The first kappa shape index (κ1) is 15.3. The van der Waals surface area contributed by atoms with Crippen LogP contribution in [-0.4, -0.2) is 29.3 Å². The molecule has 1 aromatic carbocycles. The van der Waals surface area contributed by atoms with Gasteiger partial charge in [-0.05, 0) is 69.2 Å². The Hall–Kier alpha value is -1.55. The van der Waals surface area contributed by atoms with Crippen LogP contribution in [0, 0.1) is 0 Å². The zero-order valence-electron chi connectivity index (χ0n) is 13.0. The highest BCUT2D eigenvalue weighted by molar-refractivity contribution is 5.94. The molecule has 2 fully saturated rings. The van der Waals surface area contributed by atoms with Gasteiger partial charge in [-0.3, -0.25) is 4.79 Å². The summed E-state index contributed by atoms with van der Waals surface area (Å²) in [7, 11) is 0. The van der Waals surface area contributed by atoms with Crippen molar-refractivity contribution < 1.29 is 14.6 Å². The van der Waals surface area contributed by atoms with Crippen LogP contribution in [0.1, 0.15) is 61.7 Å². The summed E-state index contributed by atoms with van der Waals surface area (Å²) in [5, 5.41) is 12.8. The summed E-state index contributed by atoms with van der Waals surface area (Å²) in [5.74, 6) is 0.700. The molecule has 22 heavy (non-hydrogen) atoms. The van der Waals surface area contributed by atoms with Gasteiger partial charge in [0, 0.05) is 12.1 Å². The molecule has 2 aliphatic rings. The summed E-state index contributed by atoms with van der Waals surface area (Å²) in [4.78, 5) is 12.1. The van der Waals surface area contributed by atoms with E-state index in [0.29, 0.717) is 18.2 Å². The molecule has 0 unspecified atom stereocenters. The molecular formula is C18H25NO3. The second-order valence-electron chi connectivity index (χ2n) is 6.66. The monoisotopic (exact) mass is 303 g/mol. The quantitative estimate of drug-likeness (QED) is 0.879. The maximum atomic E-state index is 12.1. The van der Waals surface area contributed by atoms with E-state index in [1.807, 2.05) is 12.1 Å². The number of benzene rings is 1. The molecule has 1 aromatic rings. The average molecular weight is 303 g/mol. The maximum Gasteiger partial charge on any atom is 0.251 e. The van der Waals surface area contributed by atoms with Crippen molar-refractivity contribution in [1.82, 2.24) is 5.32 Å². The average Bonchev–Trinajstić information content (AvgIpc) is 2.52. The lowest BCUT2D eigenvalue weighted by atomic mass is 9.80. The van der Waals surface area contributed by atoms with Crippen molar-refractivity contribution in [2.45, 2.75) is 63.1 Å². The Balaban J connectivity index is 1.50. The molecule has 0 aromatic heterocycles. The maximum absolute atomic E-state index is 12.1. The number of carbonyl (C=O) groups excluding carboxylic acids is 1. The third kappa shape index (κ3) is 3.80. The normalized spacial score (nSPS) is 21.0. The van der Waals surface area contributed by atoms with Crippen molar-refractivity contribution in [3.05, 3.63) is 29.8 Å². The van der Waals surface area contributed by atoms with Crippen molar-refractivity contribution >= 4 is 5.91 Å². The van der Waals surface area contributed by atoms with E-state index in [-0.39, 0.29) is 5.91 Å². The SMILES string of the molecule is O=C(NCC1(O)CCC1)c1ccc(OC2CCCCC2)cc1. The smallest absolute Gasteiger partial charge is 0.251 e. The molecule has 0 atom stereocenters. The molecule has 2 N–H and O–H groups in total. The van der Waals surface area contributed by atoms with Crippen LogP contribution in [-0.2, 0) is 0 Å². The molecule has 0 heterocycles. The minimum atomic E-state index is -0.681. The van der Waals surface area contributed by atoms with Crippen LogP contribution in [0.2, 0.25) is 0 Å². The van der Waals surface area contributed by atoms with Crippen LogP contribution in [0.4, 0.5) is 0 Å². The van der Waals surface area contributed by atoms with E-state index in [4.69, 9.17) is 4.74 Å². The van der Waals surface area contributed by atoms with Gasteiger partial charge in [0.1, 0.15) is 5.75 Å². The van der Waals surface area contributed by atoms with Crippen molar-refractivity contribution in [2.75, 3.05) is 6.54 Å². The van der Waals surface area contributed by atoms with Gasteiger partial charge in [-0.15, -0.1) is 0 Å². The Labute approximate surface area is 131 Å². The molecule has 3 rings (SSSR count). The third-order valence-electron chi connectivity index (χ3n) is 4.83. The molecule has 0 saturated heterocycles. The molecule has 2 aliphatic carbocycles. The topological polar surface area (TPSA) is 58.6 Å². The molecule has 0 aliphatic heterocycles. The molecule has 0 radical (unpaired) electrons. The fourth-order valence-electron chi connectivity index (χ4n) is 3.17. The van der Waals surface area contributed by atoms with E-state index in [2.05, 4.69) is 5.32 Å². The van der Waals surface area contributed by atoms with Crippen LogP contribution in [0.25, 0.3) is 0 Å². The molecular weight excluding hydrogens is 278 g/mol. The number of aliphatic hydroxyl groups is 1. The van der Waals surface area contributed by atoms with Gasteiger partial charge < -0.3 is 15.2 Å². The summed E-state index contributed by atoms with van der Waals surface area (Å²) < 4.78 is 5.96. The highest BCUT2D eigenvalue weighted by Gasteiger charge is 2.34. The lowest BCUT2D eigenvalue weighted by Gasteiger charge is -2.36. The van der Waals surface area contributed by atoms with Crippen LogP contribution in [0.3, 0.4) is 0 Å². The predicted molar refractivity (Wildman–Crippen MR) is 85.1 cm³/mol. The molecule has 0 spiro atoms. The van der Waals surface area contributed by atoms with E-state index in [1.165, 1.54) is 19.3 Å². The minimum absolute atomic E-state index is 0.135. The molecule has 4 heteroatoms. The Bertz CT molecular complexity index is 502. The number of rotatable bonds is 5. The standard InChI is InChI=1S/C18H25NO3/c20-17(19-13-18(21)11-4-12-18)14-7-9-16(10-8-14)22-15-5-2-1-3-6-15/h7-10,15,21H,1-6,11-13H2,(H,19,20). The number of carbonyl (C=O) groups is 1. The number of ether oxygens (including phenoxy) is 1. The van der Waals surface area contributed by atoms with Crippen LogP contribution in [0.5, 0.6) is 5.75 Å². The van der Waals surface area contributed by atoms with Gasteiger partial charge in [0.25, 0.3) is 5.91 Å². The Morgan fingerprint density at radius 2 is 1.82 bits per heavy atom. The van der Waals surface area contributed by atoms with Gasteiger partial charge in [-0.1, -0.05) is 6.42 Å². The second kappa shape index (κ2) is 6.69. The molecule has 0 bridgehead atoms. The van der Waals surface area contributed by atoms with Crippen molar-refractivity contribution in [3.8, 4) is 5.75 Å². The van der Waals surface area contributed by atoms with Gasteiger partial charge in [-0.25, -0.2) is 0 Å². The van der Waals surface area contributed by atoms with Gasteiger partial charge in [0.05, 0.1) is 11.7 Å². The first-order chi connectivity index (χ1) is 10.6. The molecule has 1 amide bonds. The van der Waals surface area contributed by atoms with Crippen molar-refractivity contribution in [1.29, 1.82) is 0 Å². The van der Waals surface area contributed by atoms with Crippen molar-refractivity contribution in [3.63, 3.8) is 0 Å². The summed E-state index contributed by atoms with van der Waals surface area (Å²) in [5.41, 5.74) is -0.0708. The highest BCUT2D eigenvalue weighted by Crippen LogP contribution is 2.30. The lowest BCUT2D eigenvalue weighted by Crippen LogP contribution is -2.47. The van der Waals surface area contributed by atoms with Crippen molar-refractivity contribution in [2.24, 2.45) is 0 Å². The summed E-state index contributed by atoms with van der Waals surface area (Å²) in [6.45, 7) is 0.339. The van der Waals surface area contributed by atoms with Gasteiger partial charge in [-0.2, -0.15) is 0 Å². The number of hydrogen-bond acceptors (Lipinski definition) is 3. The first-order valence-corrected chi connectivity index (χ1v) is 8.42. The lowest BCUT2D eigenvalue weighted by molar-refractivity contribution is -0.0300. The Morgan fingerprint density at radius 3 is 2.41 bits per heavy atom. The molecule has 4 nitrogen and oxygen atoms in total. The fourth-order valence-corrected chi connectivity index (χ4v) is 3.17. The van der Waals surface area contributed by atoms with Gasteiger partial charge in [0.15, 0.2) is 0 Å². The van der Waals surface area contributed by atoms with E-state index in [1.54, 1.807) is 12.1 Å². The van der Waals surface area contributed by atoms with E-state index in [9.17, 15) is 9.90 Å². The van der Waals surface area contributed by atoms with E-state index < -0.39 is 5.60 Å². The van der Waals surface area contributed by atoms with Gasteiger partial charge in [0.2, 0.25) is 0 Å². The zero-order valence-corrected chi connectivity index (χ0v) is 13.0. The Kier molecular flexibility index (Phi) is 4.67. The second-order valence-corrected chi connectivity index (χ2v) is 6.66. The van der Waals surface area contributed by atoms with Crippen LogP contribution in [0.15, 0.2) is 24.3 Å². The molecule has 120 valence electrons. The van der Waals surface area contributed by atoms with E-state index >= 15 is 0 Å². The summed E-state index contributed by atoms with van der Waals surface area (Å²) in [6.07, 6.45) is 8.97. The minimum Gasteiger partial charge on any atom is -0.490 e. The largest absolute Gasteiger partial charge is 0.490 e. The fraction of sp³-hybridized carbons (Fsp3) is 0.611. The van der Waals surface area contributed by atoms with Gasteiger partial charge >= 0.3 is 0 Å². The molecule has 2 saturated carbocycles. The number of amides is 1. The Morgan fingerprint density at radius 1 is 1.14 bits per heavy atom.